The van der Waals surface area contributed by atoms with E-state index < -0.39 is 9.84 Å². The van der Waals surface area contributed by atoms with Crippen LogP contribution in [0.1, 0.15) is 6.42 Å². The number of nitrogens with one attached hydrogen (secondary N) is 1. The van der Waals surface area contributed by atoms with Crippen LogP contribution in [0.25, 0.3) is 16.6 Å². The summed E-state index contributed by atoms with van der Waals surface area (Å²) in [6.07, 6.45) is 4.86. The van der Waals surface area contributed by atoms with Gasteiger partial charge in [-0.1, -0.05) is 24.3 Å². The molecule has 4 aromatic rings. The Kier molecular flexibility index (Phi) is 5.09. The average molecular weight is 406 g/mol. The predicted molar refractivity (Wildman–Crippen MR) is 111 cm³/mol. The molecule has 2 heterocycles. The number of aromatic nitrogens is 3. The van der Waals surface area contributed by atoms with Crippen LogP contribution in [-0.4, -0.2) is 34.8 Å². The molecule has 29 heavy (non-hydrogen) atoms. The number of benzene rings is 2. The standard InChI is InChI=1S/C21H18N4O3S/c26-20(24-17-7-2-8-18(15-17)25-13-4-12-23-25)10-14-29(27,28)19-9-1-5-16-6-3-11-22-21(16)19/h1-9,11-13,15H,10,14H2,(H,24,26). The van der Waals surface area contributed by atoms with E-state index >= 15 is 0 Å². The van der Waals surface area contributed by atoms with Crippen molar-refractivity contribution in [2.45, 2.75) is 11.3 Å². The summed E-state index contributed by atoms with van der Waals surface area (Å²) < 4.78 is 27.2. The number of fused-ring (bicyclic) bond motifs is 1. The lowest BCUT2D eigenvalue weighted by Gasteiger charge is -2.09. The first kappa shape index (κ1) is 18.8. The van der Waals surface area contributed by atoms with Crippen LogP contribution in [0, 0.1) is 0 Å². The first-order valence-electron chi connectivity index (χ1n) is 8.99. The molecule has 0 saturated carbocycles. The number of rotatable bonds is 6. The van der Waals surface area contributed by atoms with E-state index in [0.29, 0.717) is 11.2 Å². The summed E-state index contributed by atoms with van der Waals surface area (Å²) in [5.74, 6) is -0.674. The van der Waals surface area contributed by atoms with Gasteiger partial charge in [-0.25, -0.2) is 13.1 Å². The van der Waals surface area contributed by atoms with Crippen LogP contribution >= 0.6 is 0 Å². The second-order valence-electron chi connectivity index (χ2n) is 6.45. The minimum atomic E-state index is -3.66. The quantitative estimate of drug-likeness (QED) is 0.531. The summed E-state index contributed by atoms with van der Waals surface area (Å²) in [5, 5.41) is 7.64. The first-order chi connectivity index (χ1) is 14.0. The Morgan fingerprint density at radius 2 is 1.83 bits per heavy atom. The van der Waals surface area contributed by atoms with Gasteiger partial charge in [0.05, 0.1) is 21.9 Å². The maximum atomic E-state index is 12.8. The second kappa shape index (κ2) is 7.84. The molecule has 1 amide bonds. The highest BCUT2D eigenvalue weighted by atomic mass is 32.2. The molecule has 8 heteroatoms. The van der Waals surface area contributed by atoms with Crippen molar-refractivity contribution in [1.29, 1.82) is 0 Å². The molecule has 0 aliphatic heterocycles. The third-order valence-corrected chi connectivity index (χ3v) is 6.17. The lowest BCUT2D eigenvalue weighted by atomic mass is 10.2. The molecule has 0 spiro atoms. The molecule has 146 valence electrons. The smallest absolute Gasteiger partial charge is 0.225 e. The monoisotopic (exact) mass is 406 g/mol. The summed E-state index contributed by atoms with van der Waals surface area (Å²) in [5.41, 5.74) is 1.79. The van der Waals surface area contributed by atoms with Crippen molar-refractivity contribution in [3.63, 3.8) is 0 Å². The predicted octanol–water partition coefficient (Wildman–Crippen LogP) is 3.22. The number of hydrogen-bond donors (Lipinski definition) is 1. The molecule has 4 rings (SSSR count). The van der Waals surface area contributed by atoms with Crippen molar-refractivity contribution in [2.24, 2.45) is 0 Å². The van der Waals surface area contributed by atoms with Gasteiger partial charge in [0.1, 0.15) is 0 Å². The first-order valence-corrected chi connectivity index (χ1v) is 10.6. The van der Waals surface area contributed by atoms with Crippen molar-refractivity contribution < 1.29 is 13.2 Å². The molecule has 0 aliphatic rings. The maximum Gasteiger partial charge on any atom is 0.225 e. The molecule has 7 nitrogen and oxygen atoms in total. The van der Waals surface area contributed by atoms with Gasteiger partial charge in [-0.2, -0.15) is 5.10 Å². The Hall–Kier alpha value is -3.52. The number of carbonyl (C=O) groups is 1. The van der Waals surface area contributed by atoms with E-state index in [-0.39, 0.29) is 23.0 Å². The maximum absolute atomic E-state index is 12.8. The highest BCUT2D eigenvalue weighted by Crippen LogP contribution is 2.22. The molecular weight excluding hydrogens is 388 g/mol. The Bertz CT molecular complexity index is 1260. The molecule has 0 saturated heterocycles. The fourth-order valence-electron chi connectivity index (χ4n) is 3.04. The molecule has 2 aromatic heterocycles. The fourth-order valence-corrected chi connectivity index (χ4v) is 4.46. The zero-order valence-electron chi connectivity index (χ0n) is 15.4. The van der Waals surface area contributed by atoms with Crippen LogP contribution in [0.5, 0.6) is 0 Å². The van der Waals surface area contributed by atoms with E-state index in [9.17, 15) is 13.2 Å². The van der Waals surface area contributed by atoms with Crippen LogP contribution in [0.15, 0.2) is 84.1 Å². The van der Waals surface area contributed by atoms with Gasteiger partial charge in [-0.05, 0) is 36.4 Å². The summed E-state index contributed by atoms with van der Waals surface area (Å²) in [6.45, 7) is 0. The lowest BCUT2D eigenvalue weighted by Crippen LogP contribution is -2.18. The highest BCUT2D eigenvalue weighted by Gasteiger charge is 2.20. The summed E-state index contributed by atoms with van der Waals surface area (Å²) in [7, 11) is -3.66. The summed E-state index contributed by atoms with van der Waals surface area (Å²) in [6, 6.07) is 17.5. The van der Waals surface area contributed by atoms with Crippen molar-refractivity contribution in [2.75, 3.05) is 11.1 Å². The van der Waals surface area contributed by atoms with Crippen LogP contribution in [0.3, 0.4) is 0 Å². The van der Waals surface area contributed by atoms with E-state index in [1.807, 2.05) is 6.07 Å². The molecule has 0 atom stereocenters. The molecule has 0 bridgehead atoms. The van der Waals surface area contributed by atoms with Gasteiger partial charge in [0, 0.05) is 36.1 Å². The van der Waals surface area contributed by atoms with Gasteiger partial charge in [0.2, 0.25) is 5.91 Å². The van der Waals surface area contributed by atoms with E-state index in [0.717, 1.165) is 11.1 Å². The highest BCUT2D eigenvalue weighted by molar-refractivity contribution is 7.91. The summed E-state index contributed by atoms with van der Waals surface area (Å²) >= 11 is 0. The normalized spacial score (nSPS) is 11.4. The topological polar surface area (TPSA) is 94.0 Å². The molecular formula is C21H18N4O3S. The number of nitrogens with zero attached hydrogens (tertiary/aromatic N) is 3. The van der Waals surface area contributed by atoms with Gasteiger partial charge in [0.25, 0.3) is 0 Å². The SMILES string of the molecule is O=C(CCS(=O)(=O)c1cccc2cccnc12)Nc1cccc(-n2cccn2)c1. The molecule has 0 radical (unpaired) electrons. The number of amides is 1. The summed E-state index contributed by atoms with van der Waals surface area (Å²) in [4.78, 5) is 16.7. The zero-order chi connectivity index (χ0) is 20.3. The van der Waals surface area contributed by atoms with E-state index in [4.69, 9.17) is 0 Å². The molecule has 0 fully saturated rings. The van der Waals surface area contributed by atoms with Gasteiger partial charge in [0.15, 0.2) is 9.84 Å². The second-order valence-corrected chi connectivity index (χ2v) is 8.53. The number of sulfone groups is 1. The minimum Gasteiger partial charge on any atom is -0.326 e. The van der Waals surface area contributed by atoms with Crippen molar-refractivity contribution in [3.05, 3.63) is 79.3 Å². The Morgan fingerprint density at radius 1 is 1.00 bits per heavy atom. The molecule has 0 aliphatic carbocycles. The average Bonchev–Trinajstić information content (AvgIpc) is 3.27. The van der Waals surface area contributed by atoms with Gasteiger partial charge >= 0.3 is 0 Å². The van der Waals surface area contributed by atoms with Crippen LogP contribution < -0.4 is 5.32 Å². The van der Waals surface area contributed by atoms with E-state index in [2.05, 4.69) is 15.4 Å². The zero-order valence-corrected chi connectivity index (χ0v) is 16.2. The van der Waals surface area contributed by atoms with E-state index in [1.165, 1.54) is 6.07 Å². The Labute approximate surface area is 167 Å². The number of pyridine rings is 1. The van der Waals surface area contributed by atoms with Crippen molar-refractivity contribution in [3.8, 4) is 5.69 Å². The molecule has 2 aromatic carbocycles. The van der Waals surface area contributed by atoms with E-state index in [1.54, 1.807) is 71.8 Å². The van der Waals surface area contributed by atoms with Crippen molar-refractivity contribution >= 4 is 32.3 Å². The lowest BCUT2D eigenvalue weighted by molar-refractivity contribution is -0.115. The molecule has 1 N–H and O–H groups in total. The van der Waals surface area contributed by atoms with Crippen molar-refractivity contribution in [1.82, 2.24) is 14.8 Å². The minimum absolute atomic E-state index is 0.143. The third kappa shape index (κ3) is 4.17. The largest absolute Gasteiger partial charge is 0.326 e. The number of para-hydroxylation sites is 1. The third-order valence-electron chi connectivity index (χ3n) is 4.43. The number of anilines is 1. The van der Waals surface area contributed by atoms with Gasteiger partial charge in [-0.3, -0.25) is 9.78 Å². The van der Waals surface area contributed by atoms with Crippen LogP contribution in [0.2, 0.25) is 0 Å². The van der Waals surface area contributed by atoms with Crippen LogP contribution in [0.4, 0.5) is 5.69 Å². The number of carbonyl (C=O) groups excluding carboxylic acids is 1. The Morgan fingerprint density at radius 3 is 2.66 bits per heavy atom. The molecule has 0 unspecified atom stereocenters. The number of hydrogen-bond acceptors (Lipinski definition) is 5. The Balaban J connectivity index is 1.46. The fraction of sp³-hybridized carbons (Fsp3) is 0.0952. The van der Waals surface area contributed by atoms with Gasteiger partial charge < -0.3 is 5.32 Å². The van der Waals surface area contributed by atoms with Crippen LogP contribution in [-0.2, 0) is 14.6 Å². The van der Waals surface area contributed by atoms with Gasteiger partial charge in [-0.15, -0.1) is 0 Å².